The third-order valence-electron chi connectivity index (χ3n) is 5.31. The third kappa shape index (κ3) is 5.93. The number of carbonyl (C=O) groups excluding carboxylic acids is 1. The summed E-state index contributed by atoms with van der Waals surface area (Å²) in [6.07, 6.45) is 1.80. The zero-order chi connectivity index (χ0) is 23.8. The van der Waals surface area contributed by atoms with Crippen LogP contribution in [-0.2, 0) is 16.6 Å². The molecular formula is C26H30N2O4S. The van der Waals surface area contributed by atoms with Crippen molar-refractivity contribution in [3.05, 3.63) is 90.0 Å². The van der Waals surface area contributed by atoms with Crippen molar-refractivity contribution in [2.45, 2.75) is 44.2 Å². The largest absolute Gasteiger partial charge is 0.495 e. The molecule has 0 saturated carbocycles. The highest BCUT2D eigenvalue weighted by molar-refractivity contribution is 7.92. The first kappa shape index (κ1) is 24.3. The number of nitrogens with zero attached hydrogens (tertiary/aromatic N) is 1. The van der Waals surface area contributed by atoms with E-state index < -0.39 is 10.0 Å². The molecule has 0 aromatic heterocycles. The van der Waals surface area contributed by atoms with Gasteiger partial charge in [0, 0.05) is 11.6 Å². The van der Waals surface area contributed by atoms with E-state index in [0.717, 1.165) is 18.4 Å². The van der Waals surface area contributed by atoms with E-state index in [1.165, 1.54) is 23.5 Å². The molecule has 0 saturated heterocycles. The molecule has 0 aliphatic rings. The standard InChI is InChI=1S/C26H30N2O4S/c1-4-11-20(2)27-26(29)22-14-10-15-23(18-22)33(30,31)28(19-21-12-6-5-7-13-21)24-16-8-9-17-25(24)32-3/h5-10,12-18,20H,4,11,19H2,1-3H3,(H,27,29)/t20-/m0/s1. The second-order valence-electron chi connectivity index (χ2n) is 7.86. The Kier molecular flexibility index (Phi) is 8.11. The van der Waals surface area contributed by atoms with Crippen LogP contribution in [0.4, 0.5) is 5.69 Å². The summed E-state index contributed by atoms with van der Waals surface area (Å²) >= 11 is 0. The number of rotatable bonds is 10. The van der Waals surface area contributed by atoms with Gasteiger partial charge >= 0.3 is 0 Å². The molecule has 6 nitrogen and oxygen atoms in total. The van der Waals surface area contributed by atoms with Gasteiger partial charge in [0.25, 0.3) is 15.9 Å². The maximum absolute atomic E-state index is 13.8. The monoisotopic (exact) mass is 466 g/mol. The minimum atomic E-state index is -4.01. The summed E-state index contributed by atoms with van der Waals surface area (Å²) in [5.74, 6) is 0.152. The molecule has 3 aromatic carbocycles. The minimum absolute atomic E-state index is 0.00548. The Hall–Kier alpha value is -3.32. The molecule has 0 aliphatic heterocycles. The molecule has 0 aliphatic carbocycles. The van der Waals surface area contributed by atoms with E-state index in [-0.39, 0.29) is 23.4 Å². The van der Waals surface area contributed by atoms with Crippen molar-refractivity contribution < 1.29 is 17.9 Å². The second-order valence-corrected chi connectivity index (χ2v) is 9.72. The highest BCUT2D eigenvalue weighted by Crippen LogP contribution is 2.33. The van der Waals surface area contributed by atoms with Gasteiger partial charge in [0.2, 0.25) is 0 Å². The SMILES string of the molecule is CCC[C@H](C)NC(=O)c1cccc(S(=O)(=O)N(Cc2ccccc2)c2ccccc2OC)c1. The lowest BCUT2D eigenvalue weighted by Crippen LogP contribution is -2.33. The summed E-state index contributed by atoms with van der Waals surface area (Å²) in [7, 11) is -2.50. The normalized spacial score (nSPS) is 12.1. The van der Waals surface area contributed by atoms with Gasteiger partial charge in [-0.15, -0.1) is 0 Å². The van der Waals surface area contributed by atoms with Gasteiger partial charge < -0.3 is 10.1 Å². The lowest BCUT2D eigenvalue weighted by molar-refractivity contribution is 0.0938. The Morgan fingerprint density at radius 2 is 1.70 bits per heavy atom. The summed E-state index contributed by atoms with van der Waals surface area (Å²) in [5.41, 5.74) is 1.56. The van der Waals surface area contributed by atoms with Gasteiger partial charge in [0.05, 0.1) is 24.2 Å². The van der Waals surface area contributed by atoms with Crippen molar-refractivity contribution in [1.29, 1.82) is 0 Å². The molecule has 0 unspecified atom stereocenters. The summed E-state index contributed by atoms with van der Waals surface area (Å²) in [6.45, 7) is 4.10. The fourth-order valence-corrected chi connectivity index (χ4v) is 5.13. The van der Waals surface area contributed by atoms with Gasteiger partial charge in [-0.1, -0.05) is 61.9 Å². The predicted octanol–water partition coefficient (Wildman–Crippen LogP) is 5.01. The van der Waals surface area contributed by atoms with Gasteiger partial charge in [0.15, 0.2) is 0 Å². The van der Waals surface area contributed by atoms with E-state index in [2.05, 4.69) is 12.2 Å². The van der Waals surface area contributed by atoms with Crippen LogP contribution in [0.5, 0.6) is 5.75 Å². The van der Waals surface area contributed by atoms with Crippen LogP contribution in [0.3, 0.4) is 0 Å². The van der Waals surface area contributed by atoms with Crippen LogP contribution in [0.1, 0.15) is 42.6 Å². The third-order valence-corrected chi connectivity index (χ3v) is 7.06. The Morgan fingerprint density at radius 1 is 1.00 bits per heavy atom. The molecule has 3 aromatic rings. The summed E-state index contributed by atoms with van der Waals surface area (Å²) in [6, 6.07) is 22.5. The highest BCUT2D eigenvalue weighted by atomic mass is 32.2. The van der Waals surface area contributed by atoms with E-state index >= 15 is 0 Å². The van der Waals surface area contributed by atoms with Crippen LogP contribution in [0.25, 0.3) is 0 Å². The fourth-order valence-electron chi connectivity index (χ4n) is 3.62. The molecule has 7 heteroatoms. The first-order valence-corrected chi connectivity index (χ1v) is 12.4. The Bertz CT molecular complexity index is 1180. The molecular weight excluding hydrogens is 436 g/mol. The molecule has 1 atom stereocenters. The van der Waals surface area contributed by atoms with Gasteiger partial charge in [-0.2, -0.15) is 0 Å². The van der Waals surface area contributed by atoms with Gasteiger partial charge in [0.1, 0.15) is 5.75 Å². The summed E-state index contributed by atoms with van der Waals surface area (Å²) in [5, 5.41) is 2.93. The molecule has 3 rings (SSSR count). The Balaban J connectivity index is 2.02. The number of anilines is 1. The second kappa shape index (κ2) is 11.0. The quantitative estimate of drug-likeness (QED) is 0.456. The van der Waals surface area contributed by atoms with Crippen LogP contribution in [0, 0.1) is 0 Å². The zero-order valence-electron chi connectivity index (χ0n) is 19.2. The number of sulfonamides is 1. The van der Waals surface area contributed by atoms with E-state index in [1.54, 1.807) is 36.4 Å². The van der Waals surface area contributed by atoms with Gasteiger partial charge in [-0.25, -0.2) is 8.42 Å². The Morgan fingerprint density at radius 3 is 2.39 bits per heavy atom. The molecule has 0 spiro atoms. The number of hydrogen-bond acceptors (Lipinski definition) is 4. The van der Waals surface area contributed by atoms with Gasteiger partial charge in [-0.3, -0.25) is 9.10 Å². The number of para-hydroxylation sites is 2. The molecule has 0 radical (unpaired) electrons. The first-order chi connectivity index (χ1) is 15.9. The average Bonchev–Trinajstić information content (AvgIpc) is 2.83. The number of carbonyl (C=O) groups is 1. The molecule has 174 valence electrons. The van der Waals surface area contributed by atoms with Crippen molar-refractivity contribution >= 4 is 21.6 Å². The summed E-state index contributed by atoms with van der Waals surface area (Å²) in [4.78, 5) is 12.7. The average molecular weight is 467 g/mol. The highest BCUT2D eigenvalue weighted by Gasteiger charge is 2.28. The molecule has 0 bridgehead atoms. The smallest absolute Gasteiger partial charge is 0.264 e. The van der Waals surface area contributed by atoms with Crippen molar-refractivity contribution in [1.82, 2.24) is 5.32 Å². The molecule has 33 heavy (non-hydrogen) atoms. The Labute approximate surface area is 196 Å². The number of amides is 1. The van der Waals surface area contributed by atoms with E-state index in [9.17, 15) is 13.2 Å². The van der Waals surface area contributed by atoms with Crippen molar-refractivity contribution in [2.24, 2.45) is 0 Å². The molecule has 1 amide bonds. The van der Waals surface area contributed by atoms with Crippen LogP contribution in [0.2, 0.25) is 0 Å². The maximum atomic E-state index is 13.8. The number of hydrogen-bond donors (Lipinski definition) is 1. The van der Waals surface area contributed by atoms with E-state index in [4.69, 9.17) is 4.74 Å². The molecule has 1 N–H and O–H groups in total. The van der Waals surface area contributed by atoms with E-state index in [1.807, 2.05) is 37.3 Å². The van der Waals surface area contributed by atoms with Crippen LogP contribution in [0.15, 0.2) is 83.8 Å². The van der Waals surface area contributed by atoms with Crippen molar-refractivity contribution in [2.75, 3.05) is 11.4 Å². The first-order valence-electron chi connectivity index (χ1n) is 11.0. The summed E-state index contributed by atoms with van der Waals surface area (Å²) < 4.78 is 34.5. The molecule has 0 heterocycles. The minimum Gasteiger partial charge on any atom is -0.495 e. The lowest BCUT2D eigenvalue weighted by Gasteiger charge is -2.26. The van der Waals surface area contributed by atoms with Crippen LogP contribution >= 0.6 is 0 Å². The maximum Gasteiger partial charge on any atom is 0.264 e. The van der Waals surface area contributed by atoms with Crippen LogP contribution < -0.4 is 14.4 Å². The zero-order valence-corrected chi connectivity index (χ0v) is 20.0. The predicted molar refractivity (Wildman–Crippen MR) is 131 cm³/mol. The number of nitrogens with one attached hydrogen (secondary N) is 1. The van der Waals surface area contributed by atoms with E-state index in [0.29, 0.717) is 17.0 Å². The lowest BCUT2D eigenvalue weighted by atomic mass is 10.1. The van der Waals surface area contributed by atoms with Crippen molar-refractivity contribution in [3.8, 4) is 5.75 Å². The number of ether oxygens (including phenoxy) is 1. The number of benzene rings is 3. The van der Waals surface area contributed by atoms with Gasteiger partial charge in [-0.05, 0) is 49.2 Å². The van der Waals surface area contributed by atoms with Crippen LogP contribution in [-0.4, -0.2) is 27.5 Å². The molecule has 0 fully saturated rings. The number of methoxy groups -OCH3 is 1. The fraction of sp³-hybridized carbons (Fsp3) is 0.269. The van der Waals surface area contributed by atoms with Crippen molar-refractivity contribution in [3.63, 3.8) is 0 Å². The topological polar surface area (TPSA) is 75.7 Å².